The second kappa shape index (κ2) is 4.59. The number of rotatable bonds is 3. The van der Waals surface area contributed by atoms with Crippen molar-refractivity contribution in [3.63, 3.8) is 0 Å². The number of anilines is 1. The molecule has 0 aromatic carbocycles. The summed E-state index contributed by atoms with van der Waals surface area (Å²) in [5.74, 6) is 0.643. The van der Waals surface area contributed by atoms with Crippen molar-refractivity contribution in [1.82, 2.24) is 24.6 Å². The van der Waals surface area contributed by atoms with Crippen molar-refractivity contribution < 1.29 is 0 Å². The van der Waals surface area contributed by atoms with Crippen LogP contribution in [0.5, 0.6) is 0 Å². The van der Waals surface area contributed by atoms with Crippen LogP contribution in [-0.2, 0) is 0 Å². The number of H-pyrrole nitrogens is 1. The van der Waals surface area contributed by atoms with Gasteiger partial charge >= 0.3 is 0 Å². The Hall–Kier alpha value is -2.89. The smallest absolute Gasteiger partial charge is 0.224 e. The predicted molar refractivity (Wildman–Crippen MR) is 82.2 cm³/mol. The first kappa shape index (κ1) is 11.9. The van der Waals surface area contributed by atoms with Gasteiger partial charge in [0.15, 0.2) is 0 Å². The van der Waals surface area contributed by atoms with Crippen LogP contribution in [0.4, 0.5) is 5.95 Å². The zero-order valence-electron chi connectivity index (χ0n) is 11.5. The first-order chi connectivity index (χ1) is 10.3. The molecule has 21 heavy (non-hydrogen) atoms. The monoisotopic (exact) mass is 278 g/mol. The minimum absolute atomic E-state index is 0.643. The average Bonchev–Trinajstić information content (AvgIpc) is 3.12. The van der Waals surface area contributed by atoms with E-state index in [1.807, 2.05) is 42.2 Å². The number of fused-ring (bicyclic) bond motifs is 2. The Bertz CT molecular complexity index is 920. The van der Waals surface area contributed by atoms with Gasteiger partial charge in [-0.05, 0) is 30.7 Å². The Morgan fingerprint density at radius 2 is 2.29 bits per heavy atom. The lowest BCUT2D eigenvalue weighted by molar-refractivity contribution is 0.962. The van der Waals surface area contributed by atoms with Crippen LogP contribution < -0.4 is 5.32 Å². The number of nitrogens with zero attached hydrogens (tertiary/aromatic N) is 4. The van der Waals surface area contributed by atoms with Crippen molar-refractivity contribution in [2.24, 2.45) is 0 Å². The minimum atomic E-state index is 0.643. The SMILES string of the molecule is CCNc1ncc2c(-c3ccn4nccc4c3)c[nH]c2n1. The topological polar surface area (TPSA) is 70.9 Å². The van der Waals surface area contributed by atoms with Gasteiger partial charge in [-0.2, -0.15) is 10.1 Å². The van der Waals surface area contributed by atoms with E-state index in [1.54, 1.807) is 6.20 Å². The summed E-state index contributed by atoms with van der Waals surface area (Å²) in [6, 6.07) is 6.13. The molecule has 2 N–H and O–H groups in total. The molecule has 0 fully saturated rings. The van der Waals surface area contributed by atoms with Gasteiger partial charge in [0.2, 0.25) is 5.95 Å². The molecule has 0 bridgehead atoms. The van der Waals surface area contributed by atoms with E-state index >= 15 is 0 Å². The molecule has 104 valence electrons. The summed E-state index contributed by atoms with van der Waals surface area (Å²) in [4.78, 5) is 12.0. The second-order valence-electron chi connectivity index (χ2n) is 4.80. The molecule has 0 saturated heterocycles. The molecule has 6 nitrogen and oxygen atoms in total. The second-order valence-corrected chi connectivity index (χ2v) is 4.80. The molecule has 0 unspecified atom stereocenters. The maximum absolute atomic E-state index is 4.47. The quantitative estimate of drug-likeness (QED) is 0.604. The molecule has 0 saturated carbocycles. The lowest BCUT2D eigenvalue weighted by atomic mass is 10.1. The standard InChI is InChI=1S/C15H14N6/c1-2-16-15-18-9-13-12(8-17-14(13)20-15)10-4-6-21-11(7-10)3-5-19-21/h3-9H,2H2,1H3,(H2,16,17,18,20). The van der Waals surface area contributed by atoms with Crippen LogP contribution >= 0.6 is 0 Å². The largest absolute Gasteiger partial charge is 0.354 e. The van der Waals surface area contributed by atoms with E-state index in [-0.39, 0.29) is 0 Å². The molecular weight excluding hydrogens is 264 g/mol. The molecule has 0 aliphatic heterocycles. The van der Waals surface area contributed by atoms with E-state index in [4.69, 9.17) is 0 Å². The molecule has 0 aliphatic rings. The molecular formula is C15H14N6. The van der Waals surface area contributed by atoms with Crippen LogP contribution in [0.25, 0.3) is 27.7 Å². The number of pyridine rings is 1. The highest BCUT2D eigenvalue weighted by atomic mass is 15.2. The molecule has 4 heterocycles. The van der Waals surface area contributed by atoms with Crippen molar-refractivity contribution in [2.45, 2.75) is 6.92 Å². The van der Waals surface area contributed by atoms with Gasteiger partial charge in [0, 0.05) is 42.3 Å². The molecule has 0 amide bonds. The maximum atomic E-state index is 4.47. The zero-order chi connectivity index (χ0) is 14.2. The van der Waals surface area contributed by atoms with Gasteiger partial charge in [0.1, 0.15) is 5.65 Å². The lowest BCUT2D eigenvalue weighted by Crippen LogP contribution is -2.01. The Balaban J connectivity index is 1.85. The first-order valence-corrected chi connectivity index (χ1v) is 6.87. The van der Waals surface area contributed by atoms with Crippen molar-refractivity contribution in [1.29, 1.82) is 0 Å². The summed E-state index contributed by atoms with van der Waals surface area (Å²) >= 11 is 0. The van der Waals surface area contributed by atoms with Crippen LogP contribution in [0, 0.1) is 0 Å². The fraction of sp³-hybridized carbons (Fsp3) is 0.133. The van der Waals surface area contributed by atoms with Gasteiger partial charge < -0.3 is 10.3 Å². The fourth-order valence-electron chi connectivity index (χ4n) is 2.48. The van der Waals surface area contributed by atoms with Crippen molar-refractivity contribution >= 4 is 22.5 Å². The molecule has 6 heteroatoms. The third kappa shape index (κ3) is 1.92. The number of hydrogen-bond donors (Lipinski definition) is 2. The highest BCUT2D eigenvalue weighted by Gasteiger charge is 2.09. The number of aromatic amines is 1. The molecule has 0 spiro atoms. The van der Waals surface area contributed by atoms with E-state index in [0.29, 0.717) is 5.95 Å². The van der Waals surface area contributed by atoms with Crippen LogP contribution in [0.2, 0.25) is 0 Å². The first-order valence-electron chi connectivity index (χ1n) is 6.87. The third-order valence-corrected chi connectivity index (χ3v) is 3.48. The van der Waals surface area contributed by atoms with E-state index in [9.17, 15) is 0 Å². The summed E-state index contributed by atoms with van der Waals surface area (Å²) in [5, 5.41) is 8.34. The number of nitrogens with one attached hydrogen (secondary N) is 2. The summed E-state index contributed by atoms with van der Waals surface area (Å²) in [6.07, 6.45) is 7.57. The Kier molecular flexibility index (Phi) is 2.60. The van der Waals surface area contributed by atoms with Gasteiger partial charge in [0.25, 0.3) is 0 Å². The normalized spacial score (nSPS) is 11.3. The molecule has 0 radical (unpaired) electrons. The molecule has 0 aliphatic carbocycles. The van der Waals surface area contributed by atoms with Gasteiger partial charge in [-0.15, -0.1) is 0 Å². The minimum Gasteiger partial charge on any atom is -0.354 e. The predicted octanol–water partition coefficient (Wildman–Crippen LogP) is 2.70. The number of hydrogen-bond acceptors (Lipinski definition) is 4. The van der Waals surface area contributed by atoms with Crippen molar-refractivity contribution in [2.75, 3.05) is 11.9 Å². The molecule has 4 aromatic rings. The van der Waals surface area contributed by atoms with Crippen molar-refractivity contribution in [3.8, 4) is 11.1 Å². The number of aromatic nitrogens is 5. The fourth-order valence-corrected chi connectivity index (χ4v) is 2.48. The van der Waals surface area contributed by atoms with Crippen LogP contribution in [0.1, 0.15) is 6.92 Å². The van der Waals surface area contributed by atoms with Gasteiger partial charge in [-0.1, -0.05) is 0 Å². The van der Waals surface area contributed by atoms with Crippen LogP contribution in [0.15, 0.2) is 43.0 Å². The van der Waals surface area contributed by atoms with Gasteiger partial charge in [-0.3, -0.25) is 0 Å². The van der Waals surface area contributed by atoms with Crippen molar-refractivity contribution in [3.05, 3.63) is 43.0 Å². The van der Waals surface area contributed by atoms with Gasteiger partial charge in [-0.25, -0.2) is 9.50 Å². The summed E-state index contributed by atoms with van der Waals surface area (Å²) < 4.78 is 1.85. The third-order valence-electron chi connectivity index (χ3n) is 3.48. The van der Waals surface area contributed by atoms with E-state index in [1.165, 1.54) is 0 Å². The van der Waals surface area contributed by atoms with E-state index in [2.05, 4.69) is 31.4 Å². The Morgan fingerprint density at radius 1 is 1.33 bits per heavy atom. The zero-order valence-corrected chi connectivity index (χ0v) is 11.5. The highest BCUT2D eigenvalue weighted by Crippen LogP contribution is 2.28. The summed E-state index contributed by atoms with van der Waals surface area (Å²) in [6.45, 7) is 2.82. The summed E-state index contributed by atoms with van der Waals surface area (Å²) in [7, 11) is 0. The van der Waals surface area contributed by atoms with E-state index < -0.39 is 0 Å². The lowest BCUT2D eigenvalue weighted by Gasteiger charge is -2.02. The average molecular weight is 278 g/mol. The Morgan fingerprint density at radius 3 is 3.19 bits per heavy atom. The Labute approximate surface area is 120 Å². The summed E-state index contributed by atoms with van der Waals surface area (Å²) in [5.41, 5.74) is 4.11. The molecule has 4 aromatic heterocycles. The molecule has 4 rings (SSSR count). The highest BCUT2D eigenvalue weighted by molar-refractivity contribution is 5.94. The molecule has 0 atom stereocenters. The van der Waals surface area contributed by atoms with Gasteiger partial charge in [0.05, 0.1) is 5.52 Å². The maximum Gasteiger partial charge on any atom is 0.224 e. The van der Waals surface area contributed by atoms with Crippen LogP contribution in [-0.4, -0.2) is 31.1 Å². The van der Waals surface area contributed by atoms with Crippen LogP contribution in [0.3, 0.4) is 0 Å². The van der Waals surface area contributed by atoms with E-state index in [0.717, 1.165) is 34.2 Å².